The van der Waals surface area contributed by atoms with Gasteiger partial charge in [0.2, 0.25) is 5.91 Å². The Balaban J connectivity index is 1.90. The molecule has 0 aromatic rings. The minimum atomic E-state index is -0.559. The molecule has 1 saturated carbocycles. The van der Waals surface area contributed by atoms with Gasteiger partial charge in [0.25, 0.3) is 0 Å². The summed E-state index contributed by atoms with van der Waals surface area (Å²) in [6, 6.07) is 0. The van der Waals surface area contributed by atoms with E-state index in [-0.39, 0.29) is 5.91 Å². The average Bonchev–Trinajstić information content (AvgIpc) is 2.46. The van der Waals surface area contributed by atoms with Crippen LogP contribution in [-0.2, 0) is 4.79 Å². The smallest absolute Gasteiger partial charge is 0.233 e. The number of thioether (sulfide) groups is 1. The van der Waals surface area contributed by atoms with Crippen LogP contribution in [0.15, 0.2) is 0 Å². The number of nitrogens with two attached hydrogens (primary N) is 1. The molecule has 0 aromatic carbocycles. The van der Waals surface area contributed by atoms with Gasteiger partial charge in [-0.2, -0.15) is 11.8 Å². The summed E-state index contributed by atoms with van der Waals surface area (Å²) in [5, 5.41) is 3.13. The zero-order valence-corrected chi connectivity index (χ0v) is 13.1. The topological polar surface area (TPSA) is 55.1 Å². The second-order valence-electron chi connectivity index (χ2n) is 5.77. The molecule has 0 unspecified atom stereocenters. The molecule has 0 bridgehead atoms. The molecule has 1 amide bonds. The normalized spacial score (nSPS) is 23.8. The Morgan fingerprint density at radius 3 is 2.47 bits per heavy atom. The van der Waals surface area contributed by atoms with Crippen molar-refractivity contribution in [3.05, 3.63) is 0 Å². The number of hydrogen-bond donors (Lipinski definition) is 2. The number of hydrogen-bond acceptors (Lipinski definition) is 3. The van der Waals surface area contributed by atoms with Crippen molar-refractivity contribution in [1.82, 2.24) is 5.32 Å². The van der Waals surface area contributed by atoms with Gasteiger partial charge in [0.1, 0.15) is 0 Å². The lowest BCUT2D eigenvalue weighted by Crippen LogP contribution is -2.51. The summed E-state index contributed by atoms with van der Waals surface area (Å²) in [7, 11) is 0. The van der Waals surface area contributed by atoms with E-state index in [1.165, 1.54) is 30.8 Å². The van der Waals surface area contributed by atoms with E-state index in [2.05, 4.69) is 5.32 Å². The van der Waals surface area contributed by atoms with E-state index in [9.17, 15) is 4.79 Å². The lowest BCUT2D eigenvalue weighted by molar-refractivity contribution is -0.129. The van der Waals surface area contributed by atoms with Crippen molar-refractivity contribution in [2.24, 2.45) is 17.1 Å². The highest BCUT2D eigenvalue weighted by Gasteiger charge is 2.42. The van der Waals surface area contributed by atoms with Crippen LogP contribution in [0.1, 0.15) is 44.9 Å². The predicted octanol–water partition coefficient (Wildman–Crippen LogP) is 2.48. The summed E-state index contributed by atoms with van der Waals surface area (Å²) in [5.41, 5.74) is 5.32. The molecule has 1 aliphatic carbocycles. The molecule has 3 N–H and O–H groups in total. The highest BCUT2D eigenvalue weighted by molar-refractivity contribution is 7.99. The number of rotatable bonds is 4. The van der Waals surface area contributed by atoms with Gasteiger partial charge in [-0.05, 0) is 43.1 Å². The van der Waals surface area contributed by atoms with Crippen LogP contribution in [0.4, 0.5) is 0 Å². The molecule has 0 aromatic heterocycles. The van der Waals surface area contributed by atoms with Gasteiger partial charge in [-0.25, -0.2) is 0 Å². The van der Waals surface area contributed by atoms with Gasteiger partial charge in [-0.3, -0.25) is 4.79 Å². The van der Waals surface area contributed by atoms with Crippen molar-refractivity contribution in [3.63, 3.8) is 0 Å². The first-order valence-corrected chi connectivity index (χ1v) is 8.87. The standard InChI is InChI=1S/C14H24N2OS2/c15-12(18)14(6-2-1-3-7-14)13(17)16-10-11-4-8-19-9-5-11/h11H,1-10H2,(H2,15,18)(H,16,17). The van der Waals surface area contributed by atoms with Crippen molar-refractivity contribution in [2.45, 2.75) is 44.9 Å². The van der Waals surface area contributed by atoms with Gasteiger partial charge < -0.3 is 11.1 Å². The number of thiocarbonyl (C=S) groups is 1. The van der Waals surface area contributed by atoms with Crippen LogP contribution in [0, 0.1) is 11.3 Å². The minimum absolute atomic E-state index is 0.0814. The molecule has 3 nitrogen and oxygen atoms in total. The number of carbonyl (C=O) groups excluding carboxylic acids is 1. The summed E-state index contributed by atoms with van der Waals surface area (Å²) in [5.74, 6) is 3.16. The molecule has 1 saturated heterocycles. The van der Waals surface area contributed by atoms with Gasteiger partial charge in [0.15, 0.2) is 0 Å². The second kappa shape index (κ2) is 6.93. The van der Waals surface area contributed by atoms with Crippen molar-refractivity contribution >= 4 is 34.9 Å². The van der Waals surface area contributed by atoms with Crippen LogP contribution in [-0.4, -0.2) is 28.9 Å². The minimum Gasteiger partial charge on any atom is -0.392 e. The molecule has 1 aliphatic heterocycles. The zero-order chi connectivity index (χ0) is 13.7. The SMILES string of the molecule is NC(=S)C1(C(=O)NCC2CCSCC2)CCCCC1. The van der Waals surface area contributed by atoms with E-state index in [0.717, 1.165) is 32.2 Å². The molecule has 2 rings (SSSR count). The Hall–Kier alpha value is -0.290. The van der Waals surface area contributed by atoms with Crippen LogP contribution < -0.4 is 11.1 Å². The van der Waals surface area contributed by atoms with E-state index >= 15 is 0 Å². The Labute approximate surface area is 125 Å². The van der Waals surface area contributed by atoms with Crippen molar-refractivity contribution in [1.29, 1.82) is 0 Å². The van der Waals surface area contributed by atoms with Crippen molar-refractivity contribution in [3.8, 4) is 0 Å². The molecule has 0 radical (unpaired) electrons. The van der Waals surface area contributed by atoms with E-state index in [1.807, 2.05) is 11.8 Å². The molecular formula is C14H24N2OS2. The van der Waals surface area contributed by atoms with Crippen LogP contribution in [0.3, 0.4) is 0 Å². The highest BCUT2D eigenvalue weighted by atomic mass is 32.2. The summed E-state index contributed by atoms with van der Waals surface area (Å²) < 4.78 is 0. The fourth-order valence-electron chi connectivity index (χ4n) is 3.10. The molecule has 2 fully saturated rings. The van der Waals surface area contributed by atoms with Gasteiger partial charge in [0.05, 0.1) is 10.4 Å². The van der Waals surface area contributed by atoms with Crippen LogP contribution in [0.25, 0.3) is 0 Å². The number of nitrogens with one attached hydrogen (secondary N) is 1. The van der Waals surface area contributed by atoms with Crippen LogP contribution in [0.2, 0.25) is 0 Å². The second-order valence-corrected chi connectivity index (χ2v) is 7.44. The quantitative estimate of drug-likeness (QED) is 0.783. The molecule has 108 valence electrons. The average molecular weight is 300 g/mol. The van der Waals surface area contributed by atoms with Gasteiger partial charge in [-0.15, -0.1) is 0 Å². The first-order valence-electron chi connectivity index (χ1n) is 7.31. The summed E-state index contributed by atoms with van der Waals surface area (Å²) >= 11 is 7.20. The number of carbonyl (C=O) groups is 1. The van der Waals surface area contributed by atoms with Gasteiger partial charge in [-0.1, -0.05) is 31.5 Å². The summed E-state index contributed by atoms with van der Waals surface area (Å²) in [4.78, 5) is 12.9. The molecule has 1 heterocycles. The van der Waals surface area contributed by atoms with Gasteiger partial charge in [0, 0.05) is 6.54 Å². The Bertz CT molecular complexity index is 334. The highest BCUT2D eigenvalue weighted by Crippen LogP contribution is 2.37. The van der Waals surface area contributed by atoms with E-state index in [1.54, 1.807) is 0 Å². The molecular weight excluding hydrogens is 276 g/mol. The molecule has 0 atom stereocenters. The predicted molar refractivity (Wildman–Crippen MR) is 85.4 cm³/mol. The third-order valence-electron chi connectivity index (χ3n) is 4.51. The largest absolute Gasteiger partial charge is 0.392 e. The first kappa shape index (κ1) is 15.1. The number of amides is 1. The van der Waals surface area contributed by atoms with Crippen LogP contribution >= 0.6 is 24.0 Å². The first-order chi connectivity index (χ1) is 9.15. The van der Waals surface area contributed by atoms with Crippen molar-refractivity contribution < 1.29 is 4.79 Å². The Kier molecular flexibility index (Phi) is 5.51. The van der Waals surface area contributed by atoms with E-state index in [0.29, 0.717) is 10.9 Å². The zero-order valence-electron chi connectivity index (χ0n) is 11.5. The van der Waals surface area contributed by atoms with Crippen LogP contribution in [0.5, 0.6) is 0 Å². The monoisotopic (exact) mass is 300 g/mol. The maximum absolute atomic E-state index is 12.5. The van der Waals surface area contributed by atoms with E-state index < -0.39 is 5.41 Å². The third kappa shape index (κ3) is 3.63. The Morgan fingerprint density at radius 2 is 1.89 bits per heavy atom. The summed E-state index contributed by atoms with van der Waals surface area (Å²) in [6.07, 6.45) is 7.40. The molecule has 0 spiro atoms. The fraction of sp³-hybridized carbons (Fsp3) is 0.857. The van der Waals surface area contributed by atoms with Crippen molar-refractivity contribution in [2.75, 3.05) is 18.1 Å². The maximum Gasteiger partial charge on any atom is 0.233 e. The molecule has 5 heteroatoms. The van der Waals surface area contributed by atoms with Gasteiger partial charge >= 0.3 is 0 Å². The third-order valence-corrected chi connectivity index (χ3v) is 5.95. The van der Waals surface area contributed by atoms with E-state index in [4.69, 9.17) is 18.0 Å². The lowest BCUT2D eigenvalue weighted by atomic mass is 9.73. The Morgan fingerprint density at radius 1 is 1.26 bits per heavy atom. The fourth-order valence-corrected chi connectivity index (χ4v) is 4.60. The molecule has 2 aliphatic rings. The maximum atomic E-state index is 12.5. The summed E-state index contributed by atoms with van der Waals surface area (Å²) in [6.45, 7) is 0.795. The lowest BCUT2D eigenvalue weighted by Gasteiger charge is -2.35. The molecule has 19 heavy (non-hydrogen) atoms.